The fourth-order valence-electron chi connectivity index (χ4n) is 3.79. The number of carboxylic acid groups (broad SMARTS) is 1. The smallest absolute Gasteiger partial charge is 0.547 e. The number of nitrogens with zero attached hydrogens (tertiary/aromatic N) is 1. The van der Waals surface area contributed by atoms with Gasteiger partial charge in [0.2, 0.25) is 6.41 Å². The van der Waals surface area contributed by atoms with Crippen molar-refractivity contribution < 1.29 is 72.9 Å². The normalized spacial score (nSPS) is 23.3. The third-order valence-electron chi connectivity index (χ3n) is 4.56. The summed E-state index contributed by atoms with van der Waals surface area (Å²) in [6.45, 7) is 9.64. The maximum Gasteiger partial charge on any atom is 1.00 e. The second-order valence-corrected chi connectivity index (χ2v) is 5.46. The minimum absolute atomic E-state index is 0. The molecule has 2 aliphatic heterocycles. The van der Waals surface area contributed by atoms with E-state index in [0.717, 1.165) is 11.1 Å². The Labute approximate surface area is 198 Å². The number of carbonyl (C=O) groups excluding carboxylic acids is 2. The molecular formula is C20H22NO3Rb. The van der Waals surface area contributed by atoms with Crippen molar-refractivity contribution in [2.24, 2.45) is 0 Å². The van der Waals surface area contributed by atoms with E-state index < -0.39 is 11.5 Å². The number of amides is 1. The maximum atomic E-state index is 12.2. The van der Waals surface area contributed by atoms with Gasteiger partial charge in [-0.25, -0.2) is 0 Å². The Hall–Kier alpha value is -0.815. The fraction of sp³-hybridized carbons (Fsp3) is 0.300. The molecule has 2 aliphatic rings. The topological polar surface area (TPSA) is 60.4 Å². The summed E-state index contributed by atoms with van der Waals surface area (Å²) in [6, 6.07) is 7.00. The van der Waals surface area contributed by atoms with Gasteiger partial charge in [-0.05, 0) is 35.6 Å². The second kappa shape index (κ2) is 9.22. The summed E-state index contributed by atoms with van der Waals surface area (Å²) in [5, 5.41) is 12.2. The molecule has 25 heavy (non-hydrogen) atoms. The van der Waals surface area contributed by atoms with Crippen LogP contribution >= 0.6 is 0 Å². The first-order valence-corrected chi connectivity index (χ1v) is 8.16. The number of allylic oxidation sites excluding steroid dienone is 1. The van der Waals surface area contributed by atoms with E-state index in [2.05, 4.69) is 6.58 Å². The number of rotatable bonds is 4. The number of benzene rings is 1. The minimum atomic E-state index is -1.59. The first-order chi connectivity index (χ1) is 11.6. The van der Waals surface area contributed by atoms with Gasteiger partial charge in [0.05, 0.1) is 12.0 Å². The fourth-order valence-corrected chi connectivity index (χ4v) is 3.79. The Morgan fingerprint density at radius 2 is 2.00 bits per heavy atom. The van der Waals surface area contributed by atoms with Crippen LogP contribution in [0.1, 0.15) is 31.9 Å². The van der Waals surface area contributed by atoms with E-state index in [9.17, 15) is 14.7 Å². The molecule has 3 rings (SSSR count). The van der Waals surface area contributed by atoms with Crippen LogP contribution in [0.2, 0.25) is 0 Å². The summed E-state index contributed by atoms with van der Waals surface area (Å²) in [5.74, 6) is -1.30. The van der Waals surface area contributed by atoms with Crippen molar-refractivity contribution in [2.75, 3.05) is 0 Å². The van der Waals surface area contributed by atoms with Crippen LogP contribution in [0.5, 0.6) is 0 Å². The molecule has 0 spiro atoms. The Bertz CT molecular complexity index is 738. The van der Waals surface area contributed by atoms with E-state index in [-0.39, 0.29) is 64.2 Å². The molecule has 0 saturated carbocycles. The molecule has 0 radical (unpaired) electrons. The van der Waals surface area contributed by atoms with Crippen molar-refractivity contribution in [3.63, 3.8) is 0 Å². The van der Waals surface area contributed by atoms with Gasteiger partial charge < -0.3 is 14.8 Å². The Morgan fingerprint density at radius 1 is 1.36 bits per heavy atom. The summed E-state index contributed by atoms with van der Waals surface area (Å²) in [6.07, 6.45) is 6.42. The van der Waals surface area contributed by atoms with Crippen LogP contribution in [0.3, 0.4) is 0 Å². The van der Waals surface area contributed by atoms with Gasteiger partial charge in [-0.2, -0.15) is 0 Å². The van der Waals surface area contributed by atoms with Gasteiger partial charge in [-0.15, -0.1) is 0 Å². The molecule has 2 heterocycles. The summed E-state index contributed by atoms with van der Waals surface area (Å²) in [7, 11) is 0. The summed E-state index contributed by atoms with van der Waals surface area (Å²) >= 11 is 0. The van der Waals surface area contributed by atoms with Crippen LogP contribution in [-0.4, -0.2) is 23.3 Å². The average Bonchev–Trinajstić information content (AvgIpc) is 2.80. The zero-order valence-corrected chi connectivity index (χ0v) is 20.2. The molecule has 0 fully saturated rings. The van der Waals surface area contributed by atoms with E-state index in [1.807, 2.05) is 45.1 Å². The van der Waals surface area contributed by atoms with Gasteiger partial charge in [-0.1, -0.05) is 62.9 Å². The molecule has 126 valence electrons. The van der Waals surface area contributed by atoms with Gasteiger partial charge in [0, 0.05) is 0 Å². The second-order valence-electron chi connectivity index (χ2n) is 5.46. The molecule has 2 atom stereocenters. The standard InChI is InChI=1S/C18H17NO3.C2H6.Rb/c1-3-7-13-14(4-2)18(17(21)22)15-9-6-5-8-12(15)10-16(13)19(18)11-20;1-2;/h3-9,11,16H,2,10H2,1H3,(H,21,22);1-2H3;/q;;+1/p-1/b7-3-;;. The summed E-state index contributed by atoms with van der Waals surface area (Å²) in [4.78, 5) is 25.2. The summed E-state index contributed by atoms with van der Waals surface area (Å²) < 4.78 is 0. The molecule has 0 saturated heterocycles. The zero-order chi connectivity index (χ0) is 17.9. The maximum absolute atomic E-state index is 12.2. The molecule has 0 aliphatic carbocycles. The molecule has 1 aromatic carbocycles. The number of fused-ring (bicyclic) bond motifs is 4. The van der Waals surface area contributed by atoms with E-state index in [0.29, 0.717) is 24.0 Å². The zero-order valence-electron chi connectivity index (χ0n) is 15.3. The first kappa shape index (κ1) is 22.2. The van der Waals surface area contributed by atoms with Gasteiger partial charge in [0.25, 0.3) is 0 Å². The number of carbonyl (C=O) groups is 2. The van der Waals surface area contributed by atoms with Crippen LogP contribution in [0, 0.1) is 0 Å². The van der Waals surface area contributed by atoms with Crippen LogP contribution < -0.4 is 63.3 Å². The minimum Gasteiger partial charge on any atom is -0.547 e. The number of carboxylic acids is 1. The van der Waals surface area contributed by atoms with Gasteiger partial charge in [0.1, 0.15) is 5.54 Å². The predicted molar refractivity (Wildman–Crippen MR) is 91.9 cm³/mol. The van der Waals surface area contributed by atoms with E-state index in [1.165, 1.54) is 11.0 Å². The third-order valence-corrected chi connectivity index (χ3v) is 4.56. The molecular weight excluding hydrogens is 388 g/mol. The van der Waals surface area contributed by atoms with E-state index in [1.54, 1.807) is 12.1 Å². The molecule has 1 aromatic rings. The van der Waals surface area contributed by atoms with Crippen LogP contribution in [0.4, 0.5) is 0 Å². The van der Waals surface area contributed by atoms with Crippen molar-refractivity contribution in [3.05, 3.63) is 71.3 Å². The largest absolute Gasteiger partial charge is 1.00 e. The Kier molecular flexibility index (Phi) is 8.20. The van der Waals surface area contributed by atoms with Gasteiger partial charge in [-0.3, -0.25) is 4.79 Å². The predicted octanol–water partition coefficient (Wildman–Crippen LogP) is -0.883. The van der Waals surface area contributed by atoms with E-state index in [4.69, 9.17) is 0 Å². The van der Waals surface area contributed by atoms with Crippen molar-refractivity contribution in [1.82, 2.24) is 4.90 Å². The SMILES string of the molecule is C=CC1=C(/C=C\C)C2Cc3ccccc3C1(C(=O)[O-])N2C=O.CC.[Rb+]. The monoisotopic (exact) mass is 409 g/mol. The van der Waals surface area contributed by atoms with Crippen molar-refractivity contribution >= 4 is 12.4 Å². The first-order valence-electron chi connectivity index (χ1n) is 8.16. The quantitative estimate of drug-likeness (QED) is 0.607. The van der Waals surface area contributed by atoms with Crippen LogP contribution in [-0.2, 0) is 21.5 Å². The molecule has 4 nitrogen and oxygen atoms in total. The Morgan fingerprint density at radius 3 is 2.52 bits per heavy atom. The molecule has 0 N–H and O–H groups in total. The number of hydrogen-bond acceptors (Lipinski definition) is 3. The van der Waals surface area contributed by atoms with Crippen LogP contribution in [0.15, 0.2) is 60.2 Å². The van der Waals surface area contributed by atoms with E-state index >= 15 is 0 Å². The Balaban J connectivity index is 0.00000101. The number of aliphatic carboxylic acids is 1. The molecule has 1 amide bonds. The third kappa shape index (κ3) is 3.18. The van der Waals surface area contributed by atoms with Crippen LogP contribution in [0.25, 0.3) is 0 Å². The number of hydrogen-bond donors (Lipinski definition) is 0. The van der Waals surface area contributed by atoms with Crippen molar-refractivity contribution in [1.29, 1.82) is 0 Å². The van der Waals surface area contributed by atoms with Crippen molar-refractivity contribution in [2.45, 2.75) is 38.8 Å². The molecule has 2 unspecified atom stereocenters. The molecule has 2 bridgehead atoms. The molecule has 5 heteroatoms. The van der Waals surface area contributed by atoms with Gasteiger partial charge >= 0.3 is 58.2 Å². The van der Waals surface area contributed by atoms with Gasteiger partial charge in [0.15, 0.2) is 0 Å². The molecule has 0 aromatic heterocycles. The van der Waals surface area contributed by atoms with Crippen molar-refractivity contribution in [3.8, 4) is 0 Å². The average molecular weight is 410 g/mol. The summed E-state index contributed by atoms with van der Waals surface area (Å²) in [5.41, 5.74) is 1.26.